The van der Waals surface area contributed by atoms with Gasteiger partial charge in [-0.2, -0.15) is 4.98 Å². The number of nitrogens with one attached hydrogen (secondary N) is 1. The summed E-state index contributed by atoms with van der Waals surface area (Å²) in [5.74, 6) is 0.598. The van der Waals surface area contributed by atoms with Gasteiger partial charge in [0.15, 0.2) is 10.4 Å². The van der Waals surface area contributed by atoms with Gasteiger partial charge in [0.25, 0.3) is 0 Å². The fourth-order valence-electron chi connectivity index (χ4n) is 2.46. The lowest BCUT2D eigenvalue weighted by Crippen LogP contribution is -2.04. The molecular weight excluding hydrogens is 282 g/mol. The van der Waals surface area contributed by atoms with Crippen molar-refractivity contribution in [1.29, 1.82) is 0 Å². The average Bonchev–Trinajstić information content (AvgIpc) is 2.81. The zero-order valence-electron chi connectivity index (χ0n) is 12.1. The molecule has 0 radical (unpaired) electrons. The van der Waals surface area contributed by atoms with Crippen LogP contribution < -0.4 is 4.74 Å². The van der Waals surface area contributed by atoms with Crippen LogP contribution >= 0.6 is 12.2 Å². The van der Waals surface area contributed by atoms with E-state index in [0.717, 1.165) is 24.1 Å². The number of pyridine rings is 1. The number of aromatic amines is 1. The number of aryl methyl sites for hydroxylation is 3. The van der Waals surface area contributed by atoms with Crippen LogP contribution in [0.3, 0.4) is 0 Å². The van der Waals surface area contributed by atoms with Gasteiger partial charge in [-0.05, 0) is 42.8 Å². The standard InChI is InChI=1S/C16H17N3OS/c1-11-5-3-4-6-12(11)9-10-19-15-13(17-16(19)21)7-8-14(18-15)20-2/h3-8H,9-10H2,1-2H3,(H,17,21). The van der Waals surface area contributed by atoms with Crippen LogP contribution in [0.25, 0.3) is 11.2 Å². The number of benzene rings is 1. The molecule has 0 aliphatic heterocycles. The predicted octanol–water partition coefficient (Wildman–Crippen LogP) is 3.65. The van der Waals surface area contributed by atoms with Crippen LogP contribution in [-0.2, 0) is 13.0 Å². The molecule has 0 amide bonds. The molecule has 0 fully saturated rings. The number of ether oxygens (including phenoxy) is 1. The minimum absolute atomic E-state index is 0.598. The van der Waals surface area contributed by atoms with Crippen molar-refractivity contribution >= 4 is 23.4 Å². The Morgan fingerprint density at radius 2 is 2.05 bits per heavy atom. The third kappa shape index (κ3) is 2.69. The molecule has 0 unspecified atom stereocenters. The molecule has 1 N–H and O–H groups in total. The number of hydrogen-bond donors (Lipinski definition) is 1. The third-order valence-corrected chi connectivity index (χ3v) is 3.99. The number of hydrogen-bond acceptors (Lipinski definition) is 3. The molecule has 0 saturated heterocycles. The van der Waals surface area contributed by atoms with E-state index in [0.29, 0.717) is 10.7 Å². The summed E-state index contributed by atoms with van der Waals surface area (Å²) in [6.45, 7) is 2.93. The lowest BCUT2D eigenvalue weighted by Gasteiger charge is -2.07. The second-order valence-corrected chi connectivity index (χ2v) is 5.37. The molecule has 1 aromatic carbocycles. The summed E-state index contributed by atoms with van der Waals surface area (Å²) >= 11 is 5.41. The highest BCUT2D eigenvalue weighted by Crippen LogP contribution is 2.17. The first kappa shape index (κ1) is 13.8. The Hall–Kier alpha value is -2.14. The summed E-state index contributed by atoms with van der Waals surface area (Å²) in [4.78, 5) is 7.68. The molecule has 2 aromatic heterocycles. The molecule has 0 saturated carbocycles. The van der Waals surface area contributed by atoms with Crippen LogP contribution in [0.1, 0.15) is 11.1 Å². The highest BCUT2D eigenvalue weighted by atomic mass is 32.1. The van der Waals surface area contributed by atoms with E-state index in [4.69, 9.17) is 17.0 Å². The Bertz CT molecular complexity index is 835. The number of aromatic nitrogens is 3. The highest BCUT2D eigenvalue weighted by molar-refractivity contribution is 7.71. The second-order valence-electron chi connectivity index (χ2n) is 4.98. The maximum Gasteiger partial charge on any atom is 0.215 e. The SMILES string of the molecule is COc1ccc2[nH]c(=S)n(CCc3ccccc3C)c2n1. The zero-order valence-corrected chi connectivity index (χ0v) is 12.9. The Kier molecular flexibility index (Phi) is 3.75. The van der Waals surface area contributed by atoms with Gasteiger partial charge in [0.05, 0.1) is 12.6 Å². The van der Waals surface area contributed by atoms with Crippen molar-refractivity contribution in [3.05, 3.63) is 52.3 Å². The van der Waals surface area contributed by atoms with Crippen molar-refractivity contribution < 1.29 is 4.74 Å². The molecule has 0 aliphatic carbocycles. The molecule has 21 heavy (non-hydrogen) atoms. The van der Waals surface area contributed by atoms with Gasteiger partial charge in [-0.15, -0.1) is 0 Å². The topological polar surface area (TPSA) is 42.8 Å². The van der Waals surface area contributed by atoms with Gasteiger partial charge in [-0.3, -0.25) is 0 Å². The van der Waals surface area contributed by atoms with Crippen LogP contribution in [0.4, 0.5) is 0 Å². The van der Waals surface area contributed by atoms with Crippen LogP contribution in [-0.4, -0.2) is 21.6 Å². The maximum absolute atomic E-state index is 5.41. The van der Waals surface area contributed by atoms with Crippen LogP contribution in [0.5, 0.6) is 5.88 Å². The molecule has 108 valence electrons. The van der Waals surface area contributed by atoms with Crippen molar-refractivity contribution in [3.63, 3.8) is 0 Å². The number of fused-ring (bicyclic) bond motifs is 1. The molecule has 0 atom stereocenters. The molecule has 3 rings (SSSR count). The molecule has 4 nitrogen and oxygen atoms in total. The van der Waals surface area contributed by atoms with E-state index in [-0.39, 0.29) is 0 Å². The van der Waals surface area contributed by atoms with E-state index in [9.17, 15) is 0 Å². The molecule has 5 heteroatoms. The molecule has 3 aromatic rings. The van der Waals surface area contributed by atoms with Crippen molar-refractivity contribution in [3.8, 4) is 5.88 Å². The Balaban J connectivity index is 1.95. The quantitative estimate of drug-likeness (QED) is 0.748. The Morgan fingerprint density at radius 1 is 1.24 bits per heavy atom. The van der Waals surface area contributed by atoms with Crippen LogP contribution in [0, 0.1) is 11.7 Å². The highest BCUT2D eigenvalue weighted by Gasteiger charge is 2.08. The first-order valence-corrected chi connectivity index (χ1v) is 7.28. The summed E-state index contributed by atoms with van der Waals surface area (Å²) in [5, 5.41) is 0. The van der Waals surface area contributed by atoms with Gasteiger partial charge in [-0.25, -0.2) is 0 Å². The van der Waals surface area contributed by atoms with Crippen molar-refractivity contribution in [2.24, 2.45) is 0 Å². The minimum Gasteiger partial charge on any atom is -0.481 e. The summed E-state index contributed by atoms with van der Waals surface area (Å²) in [5.41, 5.74) is 4.41. The number of nitrogens with zero attached hydrogens (tertiary/aromatic N) is 2. The summed E-state index contributed by atoms with van der Waals surface area (Å²) < 4.78 is 7.92. The van der Waals surface area contributed by atoms with Gasteiger partial charge >= 0.3 is 0 Å². The van der Waals surface area contributed by atoms with Crippen LogP contribution in [0.15, 0.2) is 36.4 Å². The molecule has 0 spiro atoms. The monoisotopic (exact) mass is 299 g/mol. The van der Waals surface area contributed by atoms with Gasteiger partial charge in [0, 0.05) is 12.6 Å². The van der Waals surface area contributed by atoms with Crippen molar-refractivity contribution in [2.75, 3.05) is 7.11 Å². The van der Waals surface area contributed by atoms with E-state index in [1.165, 1.54) is 11.1 Å². The lowest BCUT2D eigenvalue weighted by molar-refractivity contribution is 0.399. The minimum atomic E-state index is 0.598. The maximum atomic E-state index is 5.41. The number of methoxy groups -OCH3 is 1. The summed E-state index contributed by atoms with van der Waals surface area (Å²) in [6, 6.07) is 12.2. The molecular formula is C16H17N3OS. The van der Waals surface area contributed by atoms with Crippen molar-refractivity contribution in [2.45, 2.75) is 19.9 Å². The first-order valence-electron chi connectivity index (χ1n) is 6.87. The molecule has 0 bridgehead atoms. The number of H-pyrrole nitrogens is 1. The van der Waals surface area contributed by atoms with Gasteiger partial charge in [0.2, 0.25) is 5.88 Å². The van der Waals surface area contributed by atoms with E-state index in [1.54, 1.807) is 7.11 Å². The van der Waals surface area contributed by atoms with Crippen molar-refractivity contribution in [1.82, 2.24) is 14.5 Å². The fourth-order valence-corrected chi connectivity index (χ4v) is 2.74. The largest absolute Gasteiger partial charge is 0.481 e. The van der Waals surface area contributed by atoms with E-state index in [2.05, 4.69) is 41.2 Å². The van der Waals surface area contributed by atoms with E-state index < -0.39 is 0 Å². The third-order valence-electron chi connectivity index (χ3n) is 3.67. The Morgan fingerprint density at radius 3 is 2.81 bits per heavy atom. The van der Waals surface area contributed by atoms with E-state index >= 15 is 0 Å². The predicted molar refractivity (Wildman–Crippen MR) is 86.4 cm³/mol. The summed E-state index contributed by atoms with van der Waals surface area (Å²) in [6.07, 6.45) is 0.923. The zero-order chi connectivity index (χ0) is 14.8. The smallest absolute Gasteiger partial charge is 0.215 e. The van der Waals surface area contributed by atoms with Gasteiger partial charge in [-0.1, -0.05) is 24.3 Å². The Labute approximate surface area is 128 Å². The second kappa shape index (κ2) is 5.69. The molecule has 2 heterocycles. The first-order chi connectivity index (χ1) is 10.2. The van der Waals surface area contributed by atoms with E-state index in [1.807, 2.05) is 16.7 Å². The molecule has 0 aliphatic rings. The lowest BCUT2D eigenvalue weighted by atomic mass is 10.1. The van der Waals surface area contributed by atoms with Crippen LogP contribution in [0.2, 0.25) is 0 Å². The summed E-state index contributed by atoms with van der Waals surface area (Å²) in [7, 11) is 1.62. The number of rotatable bonds is 4. The normalized spacial score (nSPS) is 11.0. The number of imidazole rings is 1. The van der Waals surface area contributed by atoms with Gasteiger partial charge < -0.3 is 14.3 Å². The van der Waals surface area contributed by atoms with Gasteiger partial charge in [0.1, 0.15) is 0 Å². The average molecular weight is 299 g/mol. The fraction of sp³-hybridized carbons (Fsp3) is 0.250.